The van der Waals surface area contributed by atoms with Crippen molar-refractivity contribution in [1.82, 2.24) is 14.9 Å². The molecule has 25 heavy (non-hydrogen) atoms. The van der Waals surface area contributed by atoms with Gasteiger partial charge in [0, 0.05) is 25.4 Å². The molecule has 7 heteroatoms. The highest BCUT2D eigenvalue weighted by Gasteiger charge is 2.45. The van der Waals surface area contributed by atoms with E-state index in [4.69, 9.17) is 9.15 Å². The number of hydrogen-bond acceptors (Lipinski definition) is 6. The van der Waals surface area contributed by atoms with Crippen molar-refractivity contribution in [2.24, 2.45) is 0 Å². The quantitative estimate of drug-likeness (QED) is 0.921. The highest BCUT2D eigenvalue weighted by Crippen LogP contribution is 2.35. The Balaban J connectivity index is 1.42. The fourth-order valence-corrected chi connectivity index (χ4v) is 3.76. The molecule has 1 N–H and O–H groups in total. The van der Waals surface area contributed by atoms with Crippen LogP contribution in [-0.4, -0.2) is 52.1 Å². The molecule has 1 spiro atoms. The molecule has 4 rings (SSSR count). The Morgan fingerprint density at radius 1 is 1.40 bits per heavy atom. The van der Waals surface area contributed by atoms with Crippen LogP contribution in [-0.2, 0) is 4.74 Å². The second-order valence-corrected chi connectivity index (χ2v) is 6.82. The van der Waals surface area contributed by atoms with Gasteiger partial charge in [-0.25, -0.2) is 9.97 Å². The summed E-state index contributed by atoms with van der Waals surface area (Å²) in [7, 11) is 0. The Labute approximate surface area is 146 Å². The average Bonchev–Trinajstić information content (AvgIpc) is 3.22. The Kier molecular flexibility index (Phi) is 4.17. The lowest BCUT2D eigenvalue weighted by Gasteiger charge is -2.38. The highest BCUT2D eigenvalue weighted by molar-refractivity contribution is 5.92. The van der Waals surface area contributed by atoms with E-state index in [1.54, 1.807) is 13.1 Å². The molecular formula is C18H22N4O3. The molecule has 2 aromatic heterocycles. The lowest BCUT2D eigenvalue weighted by Crippen LogP contribution is -2.47. The molecule has 2 aliphatic heterocycles. The smallest absolute Gasteiger partial charge is 0.291 e. The predicted octanol–water partition coefficient (Wildman–Crippen LogP) is 2.25. The van der Waals surface area contributed by atoms with Gasteiger partial charge in [0.1, 0.15) is 5.82 Å². The van der Waals surface area contributed by atoms with Gasteiger partial charge in [-0.05, 0) is 38.3 Å². The van der Waals surface area contributed by atoms with Crippen molar-refractivity contribution in [3.05, 3.63) is 42.2 Å². The normalized spacial score (nSPS) is 26.1. The molecule has 2 aromatic rings. The zero-order valence-corrected chi connectivity index (χ0v) is 14.3. The van der Waals surface area contributed by atoms with Crippen molar-refractivity contribution >= 4 is 11.7 Å². The van der Waals surface area contributed by atoms with Crippen molar-refractivity contribution in [1.29, 1.82) is 0 Å². The molecule has 0 unspecified atom stereocenters. The number of hydrogen-bond donors (Lipinski definition) is 1. The summed E-state index contributed by atoms with van der Waals surface area (Å²) in [6.45, 7) is 3.74. The number of oxazole rings is 1. The number of pyridine rings is 1. The van der Waals surface area contributed by atoms with Gasteiger partial charge in [0.05, 0.1) is 17.8 Å². The zero-order valence-electron chi connectivity index (χ0n) is 14.3. The number of aryl methyl sites for hydroxylation is 1. The molecule has 2 saturated heterocycles. The van der Waals surface area contributed by atoms with E-state index < -0.39 is 0 Å². The Morgan fingerprint density at radius 3 is 3.08 bits per heavy atom. The fraction of sp³-hybridized carbons (Fsp3) is 0.500. The first kappa shape index (κ1) is 16.1. The monoisotopic (exact) mass is 342 g/mol. The van der Waals surface area contributed by atoms with Gasteiger partial charge in [-0.3, -0.25) is 4.79 Å². The third-order valence-corrected chi connectivity index (χ3v) is 5.05. The first-order chi connectivity index (χ1) is 12.2. The van der Waals surface area contributed by atoms with Crippen LogP contribution >= 0.6 is 0 Å². The van der Waals surface area contributed by atoms with Crippen LogP contribution < -0.4 is 5.32 Å². The molecular weight excluding hydrogens is 320 g/mol. The van der Waals surface area contributed by atoms with E-state index in [0.717, 1.165) is 25.1 Å². The lowest BCUT2D eigenvalue weighted by atomic mass is 9.89. The van der Waals surface area contributed by atoms with Crippen LogP contribution in [0, 0.1) is 6.92 Å². The summed E-state index contributed by atoms with van der Waals surface area (Å²) in [6.07, 6.45) is 5.74. The van der Waals surface area contributed by atoms with Gasteiger partial charge in [-0.15, -0.1) is 0 Å². The van der Waals surface area contributed by atoms with Crippen LogP contribution in [0.2, 0.25) is 0 Å². The number of likely N-dealkylation sites (tertiary alicyclic amines) is 1. The standard InChI is InChI=1S/C18H22N4O3/c1-13-16(24-12-20-13)17(23)22-8-6-18(11-22)10-14(5-9-25-18)21-15-4-2-3-7-19-15/h2-4,7,12,14H,5-6,8-11H2,1H3,(H,19,21)/t14-,18-/m1/s1. The van der Waals surface area contributed by atoms with Crippen molar-refractivity contribution in [2.75, 3.05) is 25.0 Å². The Hall–Kier alpha value is -2.41. The van der Waals surface area contributed by atoms with E-state index in [1.807, 2.05) is 23.1 Å². The molecule has 0 saturated carbocycles. The topological polar surface area (TPSA) is 80.5 Å². The predicted molar refractivity (Wildman–Crippen MR) is 91.3 cm³/mol. The van der Waals surface area contributed by atoms with Gasteiger partial charge in [-0.2, -0.15) is 0 Å². The number of carbonyl (C=O) groups excluding carboxylic acids is 1. The molecule has 2 aliphatic rings. The summed E-state index contributed by atoms with van der Waals surface area (Å²) in [4.78, 5) is 22.8. The maximum Gasteiger partial charge on any atom is 0.291 e. The number of nitrogens with zero attached hydrogens (tertiary/aromatic N) is 3. The molecule has 2 fully saturated rings. The van der Waals surface area contributed by atoms with E-state index in [1.165, 1.54) is 6.39 Å². The molecule has 0 radical (unpaired) electrons. The van der Waals surface area contributed by atoms with Crippen molar-refractivity contribution in [2.45, 2.75) is 37.8 Å². The minimum Gasteiger partial charge on any atom is -0.438 e. The highest BCUT2D eigenvalue weighted by atomic mass is 16.5. The second-order valence-electron chi connectivity index (χ2n) is 6.82. The van der Waals surface area contributed by atoms with Crippen LogP contribution in [0.4, 0.5) is 5.82 Å². The van der Waals surface area contributed by atoms with Crippen molar-refractivity contribution < 1.29 is 13.9 Å². The summed E-state index contributed by atoms with van der Waals surface area (Å²) in [5.41, 5.74) is 0.346. The lowest BCUT2D eigenvalue weighted by molar-refractivity contribution is -0.0721. The van der Waals surface area contributed by atoms with Crippen LogP contribution in [0.25, 0.3) is 0 Å². The number of anilines is 1. The van der Waals surface area contributed by atoms with Crippen molar-refractivity contribution in [3.63, 3.8) is 0 Å². The van der Waals surface area contributed by atoms with Crippen LogP contribution in [0.1, 0.15) is 35.5 Å². The molecule has 0 aliphatic carbocycles. The minimum absolute atomic E-state index is 0.102. The molecule has 2 atom stereocenters. The number of aromatic nitrogens is 2. The van der Waals surface area contributed by atoms with Gasteiger partial charge in [-0.1, -0.05) is 6.07 Å². The summed E-state index contributed by atoms with van der Waals surface area (Å²) in [6, 6.07) is 6.15. The number of ether oxygens (including phenoxy) is 1. The zero-order chi connectivity index (χ0) is 17.3. The second kappa shape index (κ2) is 6.48. The van der Waals surface area contributed by atoms with Crippen LogP contribution in [0.5, 0.6) is 0 Å². The third-order valence-electron chi connectivity index (χ3n) is 5.05. The maximum absolute atomic E-state index is 12.6. The minimum atomic E-state index is -0.283. The van der Waals surface area contributed by atoms with E-state index in [9.17, 15) is 4.79 Å². The van der Waals surface area contributed by atoms with E-state index in [2.05, 4.69) is 15.3 Å². The van der Waals surface area contributed by atoms with Gasteiger partial charge in [0.25, 0.3) is 5.91 Å². The molecule has 132 valence electrons. The summed E-state index contributed by atoms with van der Waals surface area (Å²) < 4.78 is 11.4. The van der Waals surface area contributed by atoms with Crippen LogP contribution in [0.3, 0.4) is 0 Å². The third kappa shape index (κ3) is 3.24. The van der Waals surface area contributed by atoms with Crippen LogP contribution in [0.15, 0.2) is 35.2 Å². The summed E-state index contributed by atoms with van der Waals surface area (Å²) in [5.74, 6) is 1.11. The molecule has 0 bridgehead atoms. The molecule has 4 heterocycles. The SMILES string of the molecule is Cc1ncoc1C(=O)N1CC[C@@]2(C[C@H](Nc3ccccn3)CCO2)C1. The Bertz CT molecular complexity index is 748. The molecule has 1 amide bonds. The van der Waals surface area contributed by atoms with E-state index >= 15 is 0 Å². The molecule has 0 aromatic carbocycles. The maximum atomic E-state index is 12.6. The Morgan fingerprint density at radius 2 is 2.32 bits per heavy atom. The van der Waals surface area contributed by atoms with Gasteiger partial charge < -0.3 is 19.4 Å². The summed E-state index contributed by atoms with van der Waals surface area (Å²) in [5, 5.41) is 3.49. The van der Waals surface area contributed by atoms with E-state index in [0.29, 0.717) is 37.2 Å². The number of rotatable bonds is 3. The van der Waals surface area contributed by atoms with E-state index in [-0.39, 0.29) is 11.5 Å². The first-order valence-electron chi connectivity index (χ1n) is 8.66. The largest absolute Gasteiger partial charge is 0.438 e. The number of carbonyl (C=O) groups is 1. The number of amides is 1. The van der Waals surface area contributed by atoms with Crippen molar-refractivity contribution in [3.8, 4) is 0 Å². The van der Waals surface area contributed by atoms with Gasteiger partial charge >= 0.3 is 0 Å². The molecule has 7 nitrogen and oxygen atoms in total. The first-order valence-corrected chi connectivity index (χ1v) is 8.66. The van der Waals surface area contributed by atoms with Gasteiger partial charge in [0.2, 0.25) is 5.76 Å². The average molecular weight is 342 g/mol. The summed E-state index contributed by atoms with van der Waals surface area (Å²) >= 11 is 0. The van der Waals surface area contributed by atoms with Gasteiger partial charge in [0.15, 0.2) is 6.39 Å². The number of nitrogens with one attached hydrogen (secondary N) is 1. The fourth-order valence-electron chi connectivity index (χ4n) is 3.76.